The minimum absolute atomic E-state index is 0.0175. The summed E-state index contributed by atoms with van der Waals surface area (Å²) in [6, 6.07) is 7.91. The highest BCUT2D eigenvalue weighted by atomic mass is 16.5. The molecule has 2 N–H and O–H groups in total. The summed E-state index contributed by atoms with van der Waals surface area (Å²) in [5.41, 5.74) is 2.17. The highest BCUT2D eigenvalue weighted by Crippen LogP contribution is 2.28. The molecule has 2 aromatic heterocycles. The smallest absolute Gasteiger partial charge is 0.222 e. The maximum Gasteiger partial charge on any atom is 0.222 e. The third-order valence-electron chi connectivity index (χ3n) is 5.87. The number of aliphatic hydroxyl groups excluding tert-OH is 1. The Kier molecular flexibility index (Phi) is 7.58. The van der Waals surface area contributed by atoms with E-state index in [4.69, 9.17) is 9.47 Å². The molecule has 166 valence electrons. The van der Waals surface area contributed by atoms with Crippen LogP contribution in [0.2, 0.25) is 0 Å². The van der Waals surface area contributed by atoms with E-state index in [9.17, 15) is 9.90 Å². The van der Waals surface area contributed by atoms with Crippen LogP contribution >= 0.6 is 0 Å². The maximum atomic E-state index is 12.4. The van der Waals surface area contributed by atoms with Gasteiger partial charge in [-0.1, -0.05) is 0 Å². The number of ether oxygens (including phenoxy) is 2. The number of β-amino-alcohol motifs (C(OH)–C–C–N with tert-alkyl or cyclic N) is 1. The number of amides is 1. The normalized spacial score (nSPS) is 27.0. The quantitative estimate of drug-likeness (QED) is 0.719. The van der Waals surface area contributed by atoms with Gasteiger partial charge in [-0.2, -0.15) is 0 Å². The fourth-order valence-electron chi connectivity index (χ4n) is 4.33. The summed E-state index contributed by atoms with van der Waals surface area (Å²) in [6.45, 7) is 2.45. The lowest BCUT2D eigenvalue weighted by molar-refractivity contribution is -0.158. The second-order valence-corrected chi connectivity index (χ2v) is 8.25. The summed E-state index contributed by atoms with van der Waals surface area (Å²) >= 11 is 0. The highest BCUT2D eigenvalue weighted by molar-refractivity contribution is 5.76. The third-order valence-corrected chi connectivity index (χ3v) is 5.87. The molecule has 2 aliphatic heterocycles. The van der Waals surface area contributed by atoms with E-state index >= 15 is 0 Å². The van der Waals surface area contributed by atoms with Gasteiger partial charge >= 0.3 is 0 Å². The van der Waals surface area contributed by atoms with Crippen molar-refractivity contribution in [3.63, 3.8) is 0 Å². The molecule has 4 rings (SSSR count). The van der Waals surface area contributed by atoms with Crippen LogP contribution in [0.1, 0.15) is 30.4 Å². The van der Waals surface area contributed by atoms with E-state index < -0.39 is 6.10 Å². The van der Waals surface area contributed by atoms with Crippen molar-refractivity contribution in [2.24, 2.45) is 0 Å². The van der Waals surface area contributed by atoms with Crippen LogP contribution in [-0.2, 0) is 27.4 Å². The van der Waals surface area contributed by atoms with E-state index in [-0.39, 0.29) is 30.8 Å². The number of hydrogen-bond donors (Lipinski definition) is 2. The van der Waals surface area contributed by atoms with Crippen LogP contribution in [-0.4, -0.2) is 70.0 Å². The molecule has 0 saturated carbocycles. The van der Waals surface area contributed by atoms with Crippen molar-refractivity contribution in [1.29, 1.82) is 0 Å². The van der Waals surface area contributed by atoms with Crippen LogP contribution in [0.25, 0.3) is 0 Å². The van der Waals surface area contributed by atoms with Gasteiger partial charge < -0.3 is 19.9 Å². The van der Waals surface area contributed by atoms with Crippen molar-refractivity contribution in [3.8, 4) is 0 Å². The van der Waals surface area contributed by atoms with Gasteiger partial charge in [0, 0.05) is 50.5 Å². The maximum absolute atomic E-state index is 12.4. The van der Waals surface area contributed by atoms with Crippen LogP contribution in [0.3, 0.4) is 0 Å². The Balaban J connectivity index is 1.34. The molecule has 0 unspecified atom stereocenters. The molecule has 4 atom stereocenters. The predicted octanol–water partition coefficient (Wildman–Crippen LogP) is 1.29. The highest BCUT2D eigenvalue weighted by Gasteiger charge is 2.38. The minimum Gasteiger partial charge on any atom is -0.389 e. The van der Waals surface area contributed by atoms with Crippen molar-refractivity contribution in [2.45, 2.75) is 56.7 Å². The number of fused-ring (bicyclic) bond motifs is 1. The Morgan fingerprint density at radius 1 is 1.06 bits per heavy atom. The van der Waals surface area contributed by atoms with Crippen molar-refractivity contribution in [2.75, 3.05) is 19.8 Å². The first kappa shape index (κ1) is 21.8. The van der Waals surface area contributed by atoms with Gasteiger partial charge in [0.05, 0.1) is 37.9 Å². The Labute approximate surface area is 182 Å². The number of aromatic nitrogens is 2. The zero-order chi connectivity index (χ0) is 21.5. The van der Waals surface area contributed by atoms with E-state index in [2.05, 4.69) is 20.2 Å². The number of hydrogen-bond acceptors (Lipinski definition) is 7. The lowest BCUT2D eigenvalue weighted by Gasteiger charge is -2.44. The molecule has 0 aromatic carbocycles. The van der Waals surface area contributed by atoms with Crippen LogP contribution in [0.5, 0.6) is 0 Å². The molecule has 1 amide bonds. The lowest BCUT2D eigenvalue weighted by atomic mass is 9.94. The molecule has 0 bridgehead atoms. The molecule has 8 heteroatoms. The summed E-state index contributed by atoms with van der Waals surface area (Å²) in [5, 5.41) is 13.3. The zero-order valence-electron chi connectivity index (χ0n) is 17.6. The second-order valence-electron chi connectivity index (χ2n) is 8.25. The van der Waals surface area contributed by atoms with E-state index in [1.54, 1.807) is 24.8 Å². The van der Waals surface area contributed by atoms with Crippen LogP contribution in [0.4, 0.5) is 0 Å². The fraction of sp³-hybridized carbons (Fsp3) is 0.522. The van der Waals surface area contributed by atoms with Crippen LogP contribution in [0.15, 0.2) is 49.1 Å². The molecule has 4 heterocycles. The second kappa shape index (κ2) is 10.8. The number of nitrogens with one attached hydrogen (secondary N) is 1. The molecule has 2 saturated heterocycles. The number of pyridine rings is 2. The van der Waals surface area contributed by atoms with E-state index in [0.29, 0.717) is 26.1 Å². The molecule has 2 aromatic rings. The van der Waals surface area contributed by atoms with Gasteiger partial charge in [0.2, 0.25) is 5.91 Å². The van der Waals surface area contributed by atoms with Crippen LogP contribution < -0.4 is 5.32 Å². The predicted molar refractivity (Wildman–Crippen MR) is 114 cm³/mol. The molecule has 0 aliphatic carbocycles. The van der Waals surface area contributed by atoms with Crippen molar-refractivity contribution in [1.82, 2.24) is 20.2 Å². The molecular formula is C23H30N4O4. The fourth-order valence-corrected chi connectivity index (χ4v) is 4.33. The Hall–Kier alpha value is -2.39. The SMILES string of the molecule is O=C(C[C@@H]1CC[C@@H]2[C@H](COC[C@@H](O)CN2Cc2ccncc2)O1)NCc1ccncc1. The first-order chi connectivity index (χ1) is 15.2. The lowest BCUT2D eigenvalue weighted by Crippen LogP contribution is -2.55. The van der Waals surface area contributed by atoms with Gasteiger partial charge in [-0.3, -0.25) is 19.7 Å². The van der Waals surface area contributed by atoms with Gasteiger partial charge in [-0.25, -0.2) is 0 Å². The summed E-state index contributed by atoms with van der Waals surface area (Å²) in [4.78, 5) is 22.8. The summed E-state index contributed by atoms with van der Waals surface area (Å²) in [6.07, 6.45) is 8.25. The summed E-state index contributed by atoms with van der Waals surface area (Å²) < 4.78 is 12.0. The number of carbonyl (C=O) groups excluding carboxylic acids is 1. The van der Waals surface area contributed by atoms with Gasteiger partial charge in [-0.15, -0.1) is 0 Å². The van der Waals surface area contributed by atoms with Gasteiger partial charge in [-0.05, 0) is 48.2 Å². The van der Waals surface area contributed by atoms with Gasteiger partial charge in [0.25, 0.3) is 0 Å². The van der Waals surface area contributed by atoms with Crippen molar-refractivity contribution >= 4 is 5.91 Å². The largest absolute Gasteiger partial charge is 0.389 e. The zero-order valence-corrected chi connectivity index (χ0v) is 17.6. The van der Waals surface area contributed by atoms with Crippen LogP contribution in [0, 0.1) is 0 Å². The topological polar surface area (TPSA) is 96.8 Å². The molecule has 8 nitrogen and oxygen atoms in total. The average molecular weight is 427 g/mol. The molecule has 2 fully saturated rings. The van der Waals surface area contributed by atoms with Crippen molar-refractivity contribution < 1.29 is 19.4 Å². The molecule has 31 heavy (non-hydrogen) atoms. The average Bonchev–Trinajstić information content (AvgIpc) is 2.78. The standard InChI is InChI=1S/C23H30N4O4/c28-19-14-27(13-18-5-9-25-10-6-18)21-2-1-20(31-22(21)16-30-15-19)11-23(29)26-12-17-3-7-24-8-4-17/h3-10,19-22,28H,1-2,11-16H2,(H,26,29)/t19-,20-,21+,22-/m0/s1. The van der Waals surface area contributed by atoms with Gasteiger partial charge in [0.15, 0.2) is 0 Å². The number of rotatable bonds is 6. The first-order valence-electron chi connectivity index (χ1n) is 10.9. The van der Waals surface area contributed by atoms with Gasteiger partial charge in [0.1, 0.15) is 0 Å². The minimum atomic E-state index is -0.528. The summed E-state index contributed by atoms with van der Waals surface area (Å²) in [7, 11) is 0. The third kappa shape index (κ3) is 6.30. The molecule has 0 spiro atoms. The van der Waals surface area contributed by atoms with E-state index in [0.717, 1.165) is 30.5 Å². The number of nitrogens with zero attached hydrogens (tertiary/aromatic N) is 3. The number of aliphatic hydroxyl groups is 1. The molecular weight excluding hydrogens is 396 g/mol. The van der Waals surface area contributed by atoms with E-state index in [1.807, 2.05) is 24.3 Å². The first-order valence-corrected chi connectivity index (χ1v) is 10.9. The Bertz CT molecular complexity index is 823. The Morgan fingerprint density at radius 2 is 1.77 bits per heavy atom. The number of carbonyl (C=O) groups is 1. The monoisotopic (exact) mass is 426 g/mol. The summed E-state index contributed by atoms with van der Waals surface area (Å²) in [5.74, 6) is -0.0175. The molecule has 0 radical (unpaired) electrons. The van der Waals surface area contributed by atoms with E-state index in [1.165, 1.54) is 0 Å². The van der Waals surface area contributed by atoms with Crippen molar-refractivity contribution in [3.05, 3.63) is 60.2 Å². The Morgan fingerprint density at radius 3 is 2.52 bits per heavy atom. The molecule has 2 aliphatic rings.